The number of thiazole rings is 1. The molecular formula is C21H19ClF2N4O5S. The molecule has 0 unspecified atom stereocenters. The van der Waals surface area contributed by atoms with E-state index in [1.54, 1.807) is 24.3 Å². The summed E-state index contributed by atoms with van der Waals surface area (Å²) in [6.45, 7) is -0.314. The Morgan fingerprint density at radius 1 is 1.24 bits per heavy atom. The lowest BCUT2D eigenvalue weighted by Gasteiger charge is -2.27. The summed E-state index contributed by atoms with van der Waals surface area (Å²) < 4.78 is 32.1. The minimum atomic E-state index is -1.20. The third-order valence-corrected chi connectivity index (χ3v) is 6.01. The number of nitrogens with zero attached hydrogens (tertiary/aromatic N) is 2. The summed E-state index contributed by atoms with van der Waals surface area (Å²) in [5, 5.41) is 14.6. The van der Waals surface area contributed by atoms with E-state index in [4.69, 9.17) is 16.3 Å². The fourth-order valence-corrected chi connectivity index (χ4v) is 3.95. The van der Waals surface area contributed by atoms with Gasteiger partial charge < -0.3 is 20.1 Å². The standard InChI is InChI=1S/C21H19ClF2N4O5S/c1-28(20(31)25-9-11-4-2-3-5-13(11)22)12(6-18(29)30)10-33-21(32)27-19-26-16-7-14(23)15(24)8-17(16)34-19/h2-5,7-8,12H,6,9-10H2,1H3,(H,25,31)(H,29,30)(H,26,27,32)/t12-/m0/s1. The topological polar surface area (TPSA) is 121 Å². The highest BCUT2D eigenvalue weighted by atomic mass is 35.5. The highest BCUT2D eigenvalue weighted by molar-refractivity contribution is 7.22. The van der Waals surface area contributed by atoms with Gasteiger partial charge >= 0.3 is 18.1 Å². The van der Waals surface area contributed by atoms with Crippen LogP contribution < -0.4 is 10.6 Å². The monoisotopic (exact) mass is 512 g/mol. The normalized spacial score (nSPS) is 11.6. The zero-order valence-corrected chi connectivity index (χ0v) is 19.3. The third kappa shape index (κ3) is 6.51. The quantitative estimate of drug-likeness (QED) is 0.410. The average Bonchev–Trinajstić information content (AvgIpc) is 3.16. The van der Waals surface area contributed by atoms with Crippen molar-refractivity contribution in [3.05, 3.63) is 58.6 Å². The molecule has 3 aromatic rings. The van der Waals surface area contributed by atoms with Crippen LogP contribution in [0.2, 0.25) is 5.02 Å². The largest absolute Gasteiger partial charge is 0.481 e. The first-order valence-corrected chi connectivity index (χ1v) is 11.0. The van der Waals surface area contributed by atoms with Gasteiger partial charge in [0.25, 0.3) is 0 Å². The molecule has 0 saturated carbocycles. The fourth-order valence-electron chi connectivity index (χ4n) is 2.88. The number of aliphatic carboxylic acids is 1. The van der Waals surface area contributed by atoms with Crippen LogP contribution in [-0.4, -0.2) is 52.8 Å². The molecule has 0 spiro atoms. The van der Waals surface area contributed by atoms with Crippen molar-refractivity contribution in [2.24, 2.45) is 0 Å². The summed E-state index contributed by atoms with van der Waals surface area (Å²) in [6, 6.07) is 7.19. The summed E-state index contributed by atoms with van der Waals surface area (Å²) in [6.07, 6.45) is -1.46. The predicted octanol–water partition coefficient (Wildman–Crippen LogP) is 4.46. The Bertz CT molecular complexity index is 1190. The van der Waals surface area contributed by atoms with Gasteiger partial charge in [-0.15, -0.1) is 0 Å². The van der Waals surface area contributed by atoms with Gasteiger partial charge in [0.05, 0.1) is 22.7 Å². The predicted molar refractivity (Wildman–Crippen MR) is 122 cm³/mol. The maximum Gasteiger partial charge on any atom is 0.413 e. The van der Waals surface area contributed by atoms with Crippen molar-refractivity contribution in [1.29, 1.82) is 0 Å². The van der Waals surface area contributed by atoms with Crippen LogP contribution in [0.4, 0.5) is 23.5 Å². The molecule has 0 saturated heterocycles. The number of carboxylic acid groups (broad SMARTS) is 1. The van der Waals surface area contributed by atoms with Crippen molar-refractivity contribution in [2.45, 2.75) is 19.0 Å². The highest BCUT2D eigenvalue weighted by Crippen LogP contribution is 2.28. The highest BCUT2D eigenvalue weighted by Gasteiger charge is 2.25. The van der Waals surface area contributed by atoms with E-state index in [1.165, 1.54) is 7.05 Å². The van der Waals surface area contributed by atoms with E-state index in [1.807, 2.05) is 0 Å². The molecule has 1 atom stereocenters. The second kappa shape index (κ2) is 11.1. The number of carbonyl (C=O) groups excluding carboxylic acids is 2. The number of rotatable bonds is 8. The first-order chi connectivity index (χ1) is 16.1. The van der Waals surface area contributed by atoms with Crippen molar-refractivity contribution in [3.63, 3.8) is 0 Å². The molecule has 1 heterocycles. The van der Waals surface area contributed by atoms with Gasteiger partial charge in [0.15, 0.2) is 16.8 Å². The summed E-state index contributed by atoms with van der Waals surface area (Å²) in [5.41, 5.74) is 0.824. The maximum atomic E-state index is 13.3. The molecule has 34 heavy (non-hydrogen) atoms. The van der Waals surface area contributed by atoms with E-state index in [9.17, 15) is 28.3 Å². The molecule has 0 aliphatic rings. The number of amides is 3. The zero-order valence-electron chi connectivity index (χ0n) is 17.7. The minimum absolute atomic E-state index is 0.0330. The number of nitrogens with one attached hydrogen (secondary N) is 2. The van der Waals surface area contributed by atoms with Gasteiger partial charge in [-0.05, 0) is 17.7 Å². The lowest BCUT2D eigenvalue weighted by atomic mass is 10.2. The summed E-state index contributed by atoms with van der Waals surface area (Å²) in [7, 11) is 1.37. The lowest BCUT2D eigenvalue weighted by Crippen LogP contribution is -2.46. The Labute approximate surface area is 201 Å². The van der Waals surface area contributed by atoms with Gasteiger partial charge in [-0.1, -0.05) is 41.1 Å². The van der Waals surface area contributed by atoms with Crippen molar-refractivity contribution in [2.75, 3.05) is 19.0 Å². The molecule has 13 heteroatoms. The number of urea groups is 1. The molecule has 2 aromatic carbocycles. The Balaban J connectivity index is 1.58. The van der Waals surface area contributed by atoms with Crippen LogP contribution in [0.15, 0.2) is 36.4 Å². The van der Waals surface area contributed by atoms with E-state index in [0.29, 0.717) is 15.3 Å². The molecule has 180 valence electrons. The number of benzene rings is 2. The maximum absolute atomic E-state index is 13.3. The molecule has 0 aliphatic carbocycles. The SMILES string of the molecule is CN(C(=O)NCc1ccccc1Cl)[C@H](COC(=O)Nc1nc2cc(F)c(F)cc2s1)CC(=O)O. The molecule has 3 amide bonds. The van der Waals surface area contributed by atoms with E-state index >= 15 is 0 Å². The molecule has 3 N–H and O–H groups in total. The Morgan fingerprint density at radius 3 is 2.65 bits per heavy atom. The summed E-state index contributed by atoms with van der Waals surface area (Å²) in [4.78, 5) is 41.0. The third-order valence-electron chi connectivity index (χ3n) is 4.71. The number of halogens is 3. The number of aromatic nitrogens is 1. The zero-order chi connectivity index (χ0) is 24.8. The van der Waals surface area contributed by atoms with Gasteiger partial charge in [-0.3, -0.25) is 10.1 Å². The van der Waals surface area contributed by atoms with Gasteiger partial charge in [0.2, 0.25) is 0 Å². The Hall–Kier alpha value is -3.51. The molecule has 9 nitrogen and oxygen atoms in total. The number of hydrogen-bond acceptors (Lipinski definition) is 6. The number of likely N-dealkylation sites (N-methyl/N-ethyl adjacent to an activating group) is 1. The second-order valence-electron chi connectivity index (χ2n) is 7.09. The smallest absolute Gasteiger partial charge is 0.413 e. The van der Waals surface area contributed by atoms with E-state index < -0.39 is 48.8 Å². The number of carboxylic acids is 1. The molecule has 0 bridgehead atoms. The van der Waals surface area contributed by atoms with E-state index in [-0.39, 0.29) is 17.2 Å². The number of ether oxygens (including phenoxy) is 1. The first-order valence-electron chi connectivity index (χ1n) is 9.79. The molecule has 3 rings (SSSR count). The van der Waals surface area contributed by atoms with Gasteiger partial charge in [-0.25, -0.2) is 23.4 Å². The number of anilines is 1. The van der Waals surface area contributed by atoms with E-state index in [2.05, 4.69) is 15.6 Å². The van der Waals surface area contributed by atoms with Crippen LogP contribution in [0.1, 0.15) is 12.0 Å². The van der Waals surface area contributed by atoms with Crippen LogP contribution in [0.5, 0.6) is 0 Å². The van der Waals surface area contributed by atoms with Crippen LogP contribution >= 0.6 is 22.9 Å². The molecular weight excluding hydrogens is 494 g/mol. The first kappa shape index (κ1) is 25.1. The number of fused-ring (bicyclic) bond motifs is 1. The van der Waals surface area contributed by atoms with Crippen LogP contribution in [0, 0.1) is 11.6 Å². The second-order valence-corrected chi connectivity index (χ2v) is 8.53. The lowest BCUT2D eigenvalue weighted by molar-refractivity contribution is -0.138. The Kier molecular flexibility index (Phi) is 8.18. The summed E-state index contributed by atoms with van der Waals surface area (Å²) in [5.74, 6) is -3.31. The molecule has 0 aliphatic heterocycles. The van der Waals surface area contributed by atoms with Crippen molar-refractivity contribution < 1.29 is 33.0 Å². The molecule has 1 aromatic heterocycles. The van der Waals surface area contributed by atoms with Crippen LogP contribution in [0.25, 0.3) is 10.2 Å². The van der Waals surface area contributed by atoms with Gasteiger partial charge in [0.1, 0.15) is 6.61 Å². The van der Waals surface area contributed by atoms with Gasteiger partial charge in [0, 0.05) is 24.7 Å². The molecule has 0 radical (unpaired) electrons. The van der Waals surface area contributed by atoms with Crippen molar-refractivity contribution >= 4 is 56.4 Å². The van der Waals surface area contributed by atoms with Gasteiger partial charge in [-0.2, -0.15) is 0 Å². The van der Waals surface area contributed by atoms with Crippen molar-refractivity contribution in [1.82, 2.24) is 15.2 Å². The van der Waals surface area contributed by atoms with Crippen LogP contribution in [0.3, 0.4) is 0 Å². The fraction of sp³-hybridized carbons (Fsp3) is 0.238. The van der Waals surface area contributed by atoms with E-state index in [0.717, 1.165) is 28.4 Å². The van der Waals surface area contributed by atoms with Crippen LogP contribution in [-0.2, 0) is 16.1 Å². The van der Waals surface area contributed by atoms with Crippen molar-refractivity contribution in [3.8, 4) is 0 Å². The molecule has 0 fully saturated rings. The number of carbonyl (C=O) groups is 3. The summed E-state index contributed by atoms with van der Waals surface area (Å²) >= 11 is 6.96. The average molecular weight is 513 g/mol. The minimum Gasteiger partial charge on any atom is -0.481 e. The number of hydrogen-bond donors (Lipinski definition) is 3. The Morgan fingerprint density at radius 2 is 1.94 bits per heavy atom.